The third kappa shape index (κ3) is 6.00. The monoisotopic (exact) mass is 526 g/mol. The fraction of sp³-hybridized carbons (Fsp3) is 0.100. The topological polar surface area (TPSA) is 71.4 Å². The van der Waals surface area contributed by atoms with Crippen LogP contribution >= 0.6 is 15.9 Å². The predicted octanol–water partition coefficient (Wildman–Crippen LogP) is 7.06. The van der Waals surface area contributed by atoms with Crippen LogP contribution in [0.5, 0.6) is 0 Å². The highest BCUT2D eigenvalue weighted by atomic mass is 79.9. The quantitative estimate of drug-likeness (QED) is 0.237. The SMILES string of the molecule is O=C(CCc1ccc(Br)cc1)c1ccc(CC(=O)c2ccccc2-c2ccccc2C(=O)O)cc1. The Kier molecular flexibility index (Phi) is 7.68. The van der Waals surface area contributed by atoms with E-state index in [1.54, 1.807) is 66.7 Å². The Morgan fingerprint density at radius 2 is 1.17 bits per heavy atom. The number of benzene rings is 4. The molecule has 4 rings (SSSR count). The van der Waals surface area contributed by atoms with E-state index in [0.717, 1.165) is 15.6 Å². The molecule has 0 fully saturated rings. The highest BCUT2D eigenvalue weighted by Gasteiger charge is 2.18. The lowest BCUT2D eigenvalue weighted by molar-refractivity contribution is 0.0697. The average molecular weight is 527 g/mol. The maximum Gasteiger partial charge on any atom is 0.336 e. The van der Waals surface area contributed by atoms with E-state index in [2.05, 4.69) is 15.9 Å². The normalized spacial score (nSPS) is 10.7. The first-order chi connectivity index (χ1) is 16.9. The average Bonchev–Trinajstić information content (AvgIpc) is 2.88. The first kappa shape index (κ1) is 24.3. The first-order valence-corrected chi connectivity index (χ1v) is 12.0. The highest BCUT2D eigenvalue weighted by Crippen LogP contribution is 2.28. The number of rotatable bonds is 9. The summed E-state index contributed by atoms with van der Waals surface area (Å²) < 4.78 is 1.01. The van der Waals surface area contributed by atoms with Gasteiger partial charge in [0.05, 0.1) is 5.56 Å². The molecule has 0 heterocycles. The molecule has 5 heteroatoms. The van der Waals surface area contributed by atoms with E-state index in [-0.39, 0.29) is 23.6 Å². The number of aromatic carboxylic acids is 1. The number of aryl methyl sites for hydroxylation is 1. The smallest absolute Gasteiger partial charge is 0.336 e. The molecule has 0 spiro atoms. The molecule has 4 aromatic rings. The molecule has 0 aliphatic carbocycles. The fourth-order valence-corrected chi connectivity index (χ4v) is 4.27. The molecule has 0 aliphatic rings. The molecule has 0 saturated heterocycles. The van der Waals surface area contributed by atoms with Gasteiger partial charge in [0.1, 0.15) is 0 Å². The van der Waals surface area contributed by atoms with Crippen LogP contribution in [0.4, 0.5) is 0 Å². The van der Waals surface area contributed by atoms with Crippen molar-refractivity contribution in [1.29, 1.82) is 0 Å². The van der Waals surface area contributed by atoms with Gasteiger partial charge in [0, 0.05) is 28.4 Å². The minimum Gasteiger partial charge on any atom is -0.478 e. The van der Waals surface area contributed by atoms with Gasteiger partial charge in [-0.2, -0.15) is 0 Å². The molecule has 0 aromatic heterocycles. The summed E-state index contributed by atoms with van der Waals surface area (Å²) in [5.41, 5.74) is 4.24. The van der Waals surface area contributed by atoms with Crippen LogP contribution in [0.15, 0.2) is 102 Å². The number of carbonyl (C=O) groups is 3. The molecule has 0 unspecified atom stereocenters. The Hall–Kier alpha value is -3.83. The predicted molar refractivity (Wildman–Crippen MR) is 140 cm³/mol. The van der Waals surface area contributed by atoms with Gasteiger partial charge in [-0.15, -0.1) is 0 Å². The van der Waals surface area contributed by atoms with Gasteiger partial charge in [-0.05, 0) is 46.9 Å². The van der Waals surface area contributed by atoms with Crippen LogP contribution in [0.2, 0.25) is 0 Å². The van der Waals surface area contributed by atoms with Crippen LogP contribution in [0.25, 0.3) is 11.1 Å². The van der Waals surface area contributed by atoms with E-state index >= 15 is 0 Å². The van der Waals surface area contributed by atoms with Crippen LogP contribution in [-0.4, -0.2) is 22.6 Å². The van der Waals surface area contributed by atoms with Crippen molar-refractivity contribution in [2.24, 2.45) is 0 Å². The molecule has 174 valence electrons. The van der Waals surface area contributed by atoms with Crippen LogP contribution < -0.4 is 0 Å². The summed E-state index contributed by atoms with van der Waals surface area (Å²) in [6.07, 6.45) is 1.23. The molecular formula is C30H23BrO4. The summed E-state index contributed by atoms with van der Waals surface area (Å²) in [6.45, 7) is 0. The third-order valence-electron chi connectivity index (χ3n) is 5.87. The van der Waals surface area contributed by atoms with Crippen molar-refractivity contribution in [1.82, 2.24) is 0 Å². The Morgan fingerprint density at radius 1 is 0.629 bits per heavy atom. The number of halogens is 1. The van der Waals surface area contributed by atoms with Crippen molar-refractivity contribution in [3.8, 4) is 11.1 Å². The zero-order valence-corrected chi connectivity index (χ0v) is 20.5. The van der Waals surface area contributed by atoms with Crippen molar-refractivity contribution >= 4 is 33.5 Å². The Bertz CT molecular complexity index is 1370. The minimum atomic E-state index is -1.04. The number of carboxylic acid groups (broad SMARTS) is 1. The van der Waals surface area contributed by atoms with Crippen LogP contribution in [0.3, 0.4) is 0 Å². The number of hydrogen-bond donors (Lipinski definition) is 1. The van der Waals surface area contributed by atoms with Crippen molar-refractivity contribution < 1.29 is 19.5 Å². The molecule has 0 amide bonds. The molecule has 4 aromatic carbocycles. The second kappa shape index (κ2) is 11.1. The van der Waals surface area contributed by atoms with Gasteiger partial charge in [0.25, 0.3) is 0 Å². The van der Waals surface area contributed by atoms with E-state index in [1.165, 1.54) is 6.07 Å². The van der Waals surface area contributed by atoms with Crippen molar-refractivity contribution in [2.75, 3.05) is 0 Å². The lowest BCUT2D eigenvalue weighted by atomic mass is 9.91. The first-order valence-electron chi connectivity index (χ1n) is 11.2. The summed E-state index contributed by atoms with van der Waals surface area (Å²) in [5.74, 6) is -1.10. The Balaban J connectivity index is 1.46. The second-order valence-corrected chi connectivity index (χ2v) is 9.16. The van der Waals surface area contributed by atoms with Crippen LogP contribution in [0, 0.1) is 0 Å². The number of hydrogen-bond acceptors (Lipinski definition) is 3. The molecule has 0 aliphatic heterocycles. The summed E-state index contributed by atoms with van der Waals surface area (Å²) in [4.78, 5) is 37.5. The Labute approximate surface area is 212 Å². The zero-order chi connectivity index (χ0) is 24.8. The van der Waals surface area contributed by atoms with Crippen LogP contribution in [-0.2, 0) is 12.8 Å². The molecule has 0 bridgehead atoms. The number of carboxylic acids is 1. The maximum atomic E-state index is 13.2. The highest BCUT2D eigenvalue weighted by molar-refractivity contribution is 9.10. The van der Waals surface area contributed by atoms with E-state index in [0.29, 0.717) is 35.1 Å². The standard InChI is InChI=1S/C30H23BrO4/c31-23-16-11-20(12-17-23)13-18-28(32)22-14-9-21(10-15-22)19-29(33)26-7-3-1-5-24(26)25-6-2-4-8-27(25)30(34)35/h1-12,14-17H,13,18-19H2,(H,34,35). The molecule has 0 saturated carbocycles. The van der Waals surface area contributed by atoms with Gasteiger partial charge in [0.15, 0.2) is 11.6 Å². The van der Waals surface area contributed by atoms with Gasteiger partial charge in [0.2, 0.25) is 0 Å². The number of Topliss-reactive ketones (excluding diaryl/α,β-unsaturated/α-hetero) is 2. The van der Waals surface area contributed by atoms with Crippen molar-refractivity contribution in [3.63, 3.8) is 0 Å². The molecule has 0 atom stereocenters. The molecule has 4 nitrogen and oxygen atoms in total. The lowest BCUT2D eigenvalue weighted by Crippen LogP contribution is -2.08. The summed E-state index contributed by atoms with van der Waals surface area (Å²) in [5, 5.41) is 9.56. The largest absolute Gasteiger partial charge is 0.478 e. The van der Waals surface area contributed by atoms with Gasteiger partial charge in [-0.1, -0.05) is 94.8 Å². The van der Waals surface area contributed by atoms with E-state index in [1.807, 2.05) is 24.3 Å². The fourth-order valence-electron chi connectivity index (χ4n) is 4.01. The molecule has 0 radical (unpaired) electrons. The zero-order valence-electron chi connectivity index (χ0n) is 18.9. The summed E-state index contributed by atoms with van der Waals surface area (Å²) in [7, 11) is 0. The summed E-state index contributed by atoms with van der Waals surface area (Å²) >= 11 is 3.41. The van der Waals surface area contributed by atoms with Crippen molar-refractivity contribution in [3.05, 3.63) is 129 Å². The third-order valence-corrected chi connectivity index (χ3v) is 6.40. The molecule has 35 heavy (non-hydrogen) atoms. The van der Waals surface area contributed by atoms with Crippen molar-refractivity contribution in [2.45, 2.75) is 19.3 Å². The second-order valence-electron chi connectivity index (χ2n) is 8.24. The molecule has 1 N–H and O–H groups in total. The summed E-state index contributed by atoms with van der Waals surface area (Å²) in [6, 6.07) is 28.8. The number of ketones is 2. The molecular weight excluding hydrogens is 504 g/mol. The van der Waals surface area contributed by atoms with Gasteiger partial charge in [-0.3, -0.25) is 9.59 Å². The van der Waals surface area contributed by atoms with E-state index < -0.39 is 5.97 Å². The van der Waals surface area contributed by atoms with Gasteiger partial charge < -0.3 is 5.11 Å². The number of carbonyl (C=O) groups excluding carboxylic acids is 2. The van der Waals surface area contributed by atoms with E-state index in [4.69, 9.17) is 0 Å². The van der Waals surface area contributed by atoms with Crippen LogP contribution in [0.1, 0.15) is 48.6 Å². The van der Waals surface area contributed by atoms with E-state index in [9.17, 15) is 19.5 Å². The van der Waals surface area contributed by atoms with Gasteiger partial charge in [-0.25, -0.2) is 4.79 Å². The minimum absolute atomic E-state index is 0.0569. The van der Waals surface area contributed by atoms with Gasteiger partial charge >= 0.3 is 5.97 Å². The Morgan fingerprint density at radius 3 is 1.80 bits per heavy atom. The lowest BCUT2D eigenvalue weighted by Gasteiger charge is -2.12. The maximum absolute atomic E-state index is 13.2.